The van der Waals surface area contributed by atoms with E-state index in [0.29, 0.717) is 5.82 Å². The molecule has 1 aliphatic rings. The molecule has 0 bridgehead atoms. The smallest absolute Gasteiger partial charge is 0.175 e. The fraction of sp³-hybridized carbons (Fsp3) is 0.500. The van der Waals surface area contributed by atoms with E-state index in [-0.39, 0.29) is 0 Å². The Morgan fingerprint density at radius 1 is 1.14 bits per heavy atom. The lowest BCUT2D eigenvalue weighted by Gasteiger charge is -2.34. The second-order valence-electron chi connectivity index (χ2n) is 5.13. The van der Waals surface area contributed by atoms with E-state index in [1.54, 1.807) is 6.33 Å². The SMILES string of the molecule is CCN1CCN(c2cc(Nc3cc(C)on3)ncn2)CC1. The highest BCUT2D eigenvalue weighted by atomic mass is 16.5. The van der Waals surface area contributed by atoms with Gasteiger partial charge < -0.3 is 19.6 Å². The summed E-state index contributed by atoms with van der Waals surface area (Å²) in [5, 5.41) is 7.04. The molecule has 0 spiro atoms. The summed E-state index contributed by atoms with van der Waals surface area (Å²) in [6.45, 7) is 9.30. The van der Waals surface area contributed by atoms with Crippen molar-refractivity contribution in [1.29, 1.82) is 0 Å². The maximum Gasteiger partial charge on any atom is 0.175 e. The molecule has 112 valence electrons. The van der Waals surface area contributed by atoms with Crippen LogP contribution in [-0.4, -0.2) is 52.7 Å². The average Bonchev–Trinajstić information content (AvgIpc) is 2.93. The van der Waals surface area contributed by atoms with E-state index in [9.17, 15) is 0 Å². The predicted molar refractivity (Wildman–Crippen MR) is 80.9 cm³/mol. The summed E-state index contributed by atoms with van der Waals surface area (Å²) in [5.41, 5.74) is 0. The van der Waals surface area contributed by atoms with E-state index in [1.165, 1.54) is 0 Å². The predicted octanol–water partition coefficient (Wildman–Crippen LogP) is 1.66. The summed E-state index contributed by atoms with van der Waals surface area (Å²) in [5.74, 6) is 3.10. The number of hydrogen-bond donors (Lipinski definition) is 1. The maximum absolute atomic E-state index is 5.04. The van der Waals surface area contributed by atoms with Gasteiger partial charge in [-0.25, -0.2) is 9.97 Å². The van der Waals surface area contributed by atoms with Gasteiger partial charge in [0.1, 0.15) is 23.7 Å². The van der Waals surface area contributed by atoms with Crippen LogP contribution in [0.15, 0.2) is 23.0 Å². The second-order valence-corrected chi connectivity index (χ2v) is 5.13. The lowest BCUT2D eigenvalue weighted by atomic mass is 10.3. The van der Waals surface area contributed by atoms with Crippen LogP contribution >= 0.6 is 0 Å². The van der Waals surface area contributed by atoms with E-state index >= 15 is 0 Å². The van der Waals surface area contributed by atoms with Crippen molar-refractivity contribution in [3.8, 4) is 0 Å². The van der Waals surface area contributed by atoms with Gasteiger partial charge >= 0.3 is 0 Å². The minimum absolute atomic E-state index is 0.660. The van der Waals surface area contributed by atoms with Crippen molar-refractivity contribution >= 4 is 17.5 Å². The maximum atomic E-state index is 5.04. The molecule has 1 aliphatic heterocycles. The van der Waals surface area contributed by atoms with E-state index in [4.69, 9.17) is 4.52 Å². The molecule has 7 nitrogen and oxygen atoms in total. The van der Waals surface area contributed by atoms with Crippen molar-refractivity contribution < 1.29 is 4.52 Å². The molecule has 0 unspecified atom stereocenters. The van der Waals surface area contributed by atoms with Gasteiger partial charge in [0.25, 0.3) is 0 Å². The Morgan fingerprint density at radius 2 is 1.95 bits per heavy atom. The first-order chi connectivity index (χ1) is 10.2. The molecule has 7 heteroatoms. The second kappa shape index (κ2) is 6.09. The van der Waals surface area contributed by atoms with Crippen molar-refractivity contribution in [2.24, 2.45) is 0 Å². The molecule has 0 amide bonds. The van der Waals surface area contributed by atoms with E-state index in [1.807, 2.05) is 19.1 Å². The summed E-state index contributed by atoms with van der Waals surface area (Å²) in [6.07, 6.45) is 1.58. The lowest BCUT2D eigenvalue weighted by Crippen LogP contribution is -2.46. The number of nitrogens with zero attached hydrogens (tertiary/aromatic N) is 5. The van der Waals surface area contributed by atoms with Crippen LogP contribution in [0, 0.1) is 6.92 Å². The lowest BCUT2D eigenvalue weighted by molar-refractivity contribution is 0.270. The number of anilines is 3. The van der Waals surface area contributed by atoms with Gasteiger partial charge in [-0.05, 0) is 13.5 Å². The molecule has 2 aromatic rings. The van der Waals surface area contributed by atoms with Gasteiger partial charge in [-0.2, -0.15) is 0 Å². The zero-order valence-corrected chi connectivity index (χ0v) is 12.4. The number of rotatable bonds is 4. The normalized spacial score (nSPS) is 16.2. The fourth-order valence-corrected chi connectivity index (χ4v) is 2.44. The molecule has 0 aromatic carbocycles. The van der Waals surface area contributed by atoms with Crippen LogP contribution in [0.5, 0.6) is 0 Å². The van der Waals surface area contributed by atoms with Crippen LogP contribution in [0.2, 0.25) is 0 Å². The minimum atomic E-state index is 0.660. The fourth-order valence-electron chi connectivity index (χ4n) is 2.44. The van der Waals surface area contributed by atoms with Crippen LogP contribution in [-0.2, 0) is 0 Å². The Bertz CT molecular complexity index is 591. The zero-order valence-electron chi connectivity index (χ0n) is 12.4. The largest absolute Gasteiger partial charge is 0.360 e. The van der Waals surface area contributed by atoms with Crippen molar-refractivity contribution in [1.82, 2.24) is 20.0 Å². The highest BCUT2D eigenvalue weighted by Crippen LogP contribution is 2.19. The molecule has 1 fully saturated rings. The first-order valence-corrected chi connectivity index (χ1v) is 7.24. The zero-order chi connectivity index (χ0) is 14.7. The van der Waals surface area contributed by atoms with Crippen LogP contribution in [0.25, 0.3) is 0 Å². The molecule has 1 N–H and O–H groups in total. The van der Waals surface area contributed by atoms with Gasteiger partial charge in [-0.3, -0.25) is 0 Å². The molecule has 3 rings (SSSR count). The monoisotopic (exact) mass is 288 g/mol. The third kappa shape index (κ3) is 3.30. The minimum Gasteiger partial charge on any atom is -0.360 e. The van der Waals surface area contributed by atoms with Crippen LogP contribution in [0.4, 0.5) is 17.5 Å². The first-order valence-electron chi connectivity index (χ1n) is 7.24. The molecule has 2 aromatic heterocycles. The van der Waals surface area contributed by atoms with Gasteiger partial charge in [0, 0.05) is 38.3 Å². The highest BCUT2D eigenvalue weighted by Gasteiger charge is 2.17. The Hall–Kier alpha value is -2.15. The van der Waals surface area contributed by atoms with E-state index in [0.717, 1.165) is 50.1 Å². The Kier molecular flexibility index (Phi) is 4.01. The van der Waals surface area contributed by atoms with E-state index < -0.39 is 0 Å². The molecular formula is C14H20N6O. The Labute approximate surface area is 124 Å². The number of aryl methyl sites for hydroxylation is 1. The number of hydrogen-bond acceptors (Lipinski definition) is 7. The first kappa shape index (κ1) is 13.8. The van der Waals surface area contributed by atoms with Gasteiger partial charge in [-0.15, -0.1) is 0 Å². The number of nitrogens with one attached hydrogen (secondary N) is 1. The van der Waals surface area contributed by atoms with Crippen molar-refractivity contribution in [2.75, 3.05) is 42.9 Å². The van der Waals surface area contributed by atoms with E-state index in [2.05, 4.69) is 37.2 Å². The van der Waals surface area contributed by atoms with Crippen molar-refractivity contribution in [2.45, 2.75) is 13.8 Å². The number of likely N-dealkylation sites (N-methyl/N-ethyl adjacent to an activating group) is 1. The number of piperazine rings is 1. The summed E-state index contributed by atoms with van der Waals surface area (Å²) < 4.78 is 5.04. The van der Waals surface area contributed by atoms with Crippen LogP contribution in [0.3, 0.4) is 0 Å². The molecule has 0 radical (unpaired) electrons. The Morgan fingerprint density at radius 3 is 2.62 bits per heavy atom. The van der Waals surface area contributed by atoms with Crippen molar-refractivity contribution in [3.63, 3.8) is 0 Å². The summed E-state index contributed by atoms with van der Waals surface area (Å²) >= 11 is 0. The highest BCUT2D eigenvalue weighted by molar-refractivity contribution is 5.56. The van der Waals surface area contributed by atoms with Crippen LogP contribution in [0.1, 0.15) is 12.7 Å². The molecule has 3 heterocycles. The van der Waals surface area contributed by atoms with Crippen LogP contribution < -0.4 is 10.2 Å². The van der Waals surface area contributed by atoms with Gasteiger partial charge in [0.05, 0.1) is 0 Å². The molecule has 1 saturated heterocycles. The van der Waals surface area contributed by atoms with Gasteiger partial charge in [0.2, 0.25) is 0 Å². The summed E-state index contributed by atoms with van der Waals surface area (Å²) in [4.78, 5) is 13.3. The third-order valence-electron chi connectivity index (χ3n) is 3.68. The quantitative estimate of drug-likeness (QED) is 0.917. The topological polar surface area (TPSA) is 70.3 Å². The molecule has 0 aliphatic carbocycles. The molecule has 0 atom stereocenters. The standard InChI is InChI=1S/C14H20N6O/c1-3-19-4-6-20(7-5-19)14-9-12(15-10-16-14)17-13-8-11(2)21-18-13/h8-10H,3-7H2,1-2H3,(H,15,16,17,18). The Balaban J connectivity index is 1.68. The molecule has 21 heavy (non-hydrogen) atoms. The summed E-state index contributed by atoms with van der Waals surface area (Å²) in [7, 11) is 0. The number of aromatic nitrogens is 3. The van der Waals surface area contributed by atoms with Gasteiger partial charge in [-0.1, -0.05) is 12.1 Å². The third-order valence-corrected chi connectivity index (χ3v) is 3.68. The molecular weight excluding hydrogens is 268 g/mol. The van der Waals surface area contributed by atoms with Gasteiger partial charge in [0.15, 0.2) is 5.82 Å². The average molecular weight is 288 g/mol. The molecule has 0 saturated carbocycles. The summed E-state index contributed by atoms with van der Waals surface area (Å²) in [6, 6.07) is 3.79. The van der Waals surface area contributed by atoms with Crippen molar-refractivity contribution in [3.05, 3.63) is 24.2 Å².